The maximum absolute atomic E-state index is 12.6. The summed E-state index contributed by atoms with van der Waals surface area (Å²) in [6.45, 7) is 3.66. The van der Waals surface area contributed by atoms with Gasteiger partial charge in [-0.1, -0.05) is 0 Å². The number of anilines is 1. The van der Waals surface area contributed by atoms with E-state index in [0.717, 1.165) is 15.6 Å². The summed E-state index contributed by atoms with van der Waals surface area (Å²) in [7, 11) is 0. The zero-order valence-corrected chi connectivity index (χ0v) is 15.7. The molecule has 0 bridgehead atoms. The zero-order valence-electron chi connectivity index (χ0n) is 14.9. The molecule has 3 rings (SSSR count). The molecule has 0 aliphatic rings. The number of carbonyl (C=O) groups is 2. The fourth-order valence-electron chi connectivity index (χ4n) is 2.73. The standard InChI is InChI=1S/C18H20N4O4S/c1-9-16(18(25)22-14(8-23)17(19)24)13-5-11(3-4-15(13)26-9)21-7-12-6-20-10(2)27-12/h3-6,14,21,23H,7-8H2,1-2H3,(H2,19,24)(H,22,25)/t14-/m0/s1. The molecule has 0 saturated carbocycles. The minimum Gasteiger partial charge on any atom is -0.461 e. The van der Waals surface area contributed by atoms with Crippen LogP contribution in [0.25, 0.3) is 11.0 Å². The molecule has 5 N–H and O–H groups in total. The number of hydrogen-bond acceptors (Lipinski definition) is 7. The molecule has 0 fully saturated rings. The second-order valence-electron chi connectivity index (χ2n) is 6.05. The van der Waals surface area contributed by atoms with Crippen molar-refractivity contribution in [3.8, 4) is 0 Å². The minimum atomic E-state index is -1.15. The van der Waals surface area contributed by atoms with Crippen LogP contribution in [-0.4, -0.2) is 34.6 Å². The molecule has 0 aliphatic carbocycles. The van der Waals surface area contributed by atoms with Gasteiger partial charge in [0.25, 0.3) is 5.91 Å². The monoisotopic (exact) mass is 388 g/mol. The van der Waals surface area contributed by atoms with Crippen LogP contribution in [0.1, 0.15) is 26.0 Å². The van der Waals surface area contributed by atoms with E-state index in [-0.39, 0.29) is 0 Å². The first-order chi connectivity index (χ1) is 12.9. The Labute approximate surface area is 159 Å². The molecule has 2 amide bonds. The molecular weight excluding hydrogens is 368 g/mol. The number of amides is 2. The first kappa shape index (κ1) is 18.9. The number of hydrogen-bond donors (Lipinski definition) is 4. The van der Waals surface area contributed by atoms with Crippen LogP contribution in [0.3, 0.4) is 0 Å². The lowest BCUT2D eigenvalue weighted by molar-refractivity contribution is -0.120. The van der Waals surface area contributed by atoms with E-state index in [9.17, 15) is 14.7 Å². The Bertz CT molecular complexity index is 995. The summed E-state index contributed by atoms with van der Waals surface area (Å²) in [5.41, 5.74) is 6.85. The Morgan fingerprint density at radius 2 is 2.15 bits per heavy atom. The number of benzene rings is 1. The van der Waals surface area contributed by atoms with Gasteiger partial charge in [-0.05, 0) is 32.0 Å². The van der Waals surface area contributed by atoms with Gasteiger partial charge in [-0.3, -0.25) is 9.59 Å². The van der Waals surface area contributed by atoms with Crippen molar-refractivity contribution >= 4 is 39.8 Å². The summed E-state index contributed by atoms with van der Waals surface area (Å²) >= 11 is 1.61. The number of aliphatic hydroxyl groups excluding tert-OH is 1. The highest BCUT2D eigenvalue weighted by Crippen LogP contribution is 2.28. The lowest BCUT2D eigenvalue weighted by Gasteiger charge is -2.12. The third-order valence-electron chi connectivity index (χ3n) is 4.06. The van der Waals surface area contributed by atoms with Crippen molar-refractivity contribution < 1.29 is 19.1 Å². The topological polar surface area (TPSA) is 130 Å². The molecule has 2 aromatic heterocycles. The molecule has 0 saturated heterocycles. The minimum absolute atomic E-state index is 0.307. The van der Waals surface area contributed by atoms with Crippen LogP contribution >= 0.6 is 11.3 Å². The molecule has 0 radical (unpaired) electrons. The molecule has 2 heterocycles. The summed E-state index contributed by atoms with van der Waals surface area (Å²) in [5, 5.41) is 16.5. The maximum atomic E-state index is 12.6. The molecule has 1 atom stereocenters. The van der Waals surface area contributed by atoms with Gasteiger partial charge < -0.3 is 25.9 Å². The predicted molar refractivity (Wildman–Crippen MR) is 103 cm³/mol. The van der Waals surface area contributed by atoms with Gasteiger partial charge in [-0.25, -0.2) is 4.98 Å². The molecule has 142 valence electrons. The first-order valence-corrected chi connectivity index (χ1v) is 9.10. The average molecular weight is 388 g/mol. The normalized spacial score (nSPS) is 12.1. The van der Waals surface area contributed by atoms with E-state index >= 15 is 0 Å². The summed E-state index contributed by atoms with van der Waals surface area (Å²) in [6, 6.07) is 4.29. The molecule has 9 heteroatoms. The number of carbonyl (C=O) groups excluding carboxylic acids is 2. The van der Waals surface area contributed by atoms with Crippen molar-refractivity contribution in [2.24, 2.45) is 5.73 Å². The van der Waals surface area contributed by atoms with Crippen molar-refractivity contribution in [2.45, 2.75) is 26.4 Å². The highest BCUT2D eigenvalue weighted by molar-refractivity contribution is 7.11. The van der Waals surface area contributed by atoms with E-state index in [1.165, 1.54) is 0 Å². The summed E-state index contributed by atoms with van der Waals surface area (Å²) in [5.74, 6) is -0.920. The van der Waals surface area contributed by atoms with Crippen LogP contribution < -0.4 is 16.4 Å². The SMILES string of the molecule is Cc1ncc(CNc2ccc3oc(C)c(C(=O)N[C@@H](CO)C(N)=O)c3c2)s1. The molecule has 27 heavy (non-hydrogen) atoms. The lowest BCUT2D eigenvalue weighted by atomic mass is 10.1. The van der Waals surface area contributed by atoms with Crippen LogP contribution in [0.4, 0.5) is 5.69 Å². The van der Waals surface area contributed by atoms with Crippen LogP contribution in [0.5, 0.6) is 0 Å². The summed E-state index contributed by atoms with van der Waals surface area (Å²) < 4.78 is 5.64. The van der Waals surface area contributed by atoms with Crippen molar-refractivity contribution in [3.63, 3.8) is 0 Å². The number of rotatable bonds is 7. The lowest BCUT2D eigenvalue weighted by Crippen LogP contribution is -2.46. The van der Waals surface area contributed by atoms with Gasteiger partial charge in [0.2, 0.25) is 5.91 Å². The second kappa shape index (κ2) is 7.77. The fourth-order valence-corrected chi connectivity index (χ4v) is 3.46. The average Bonchev–Trinajstić information content (AvgIpc) is 3.19. The number of thiazole rings is 1. The number of primary amides is 1. The molecule has 0 unspecified atom stereocenters. The van der Waals surface area contributed by atoms with E-state index in [1.807, 2.05) is 25.3 Å². The van der Waals surface area contributed by atoms with Gasteiger partial charge >= 0.3 is 0 Å². The van der Waals surface area contributed by atoms with Gasteiger partial charge in [0.05, 0.1) is 23.7 Å². The second-order valence-corrected chi connectivity index (χ2v) is 7.37. The number of fused-ring (bicyclic) bond motifs is 1. The van der Waals surface area contributed by atoms with Crippen molar-refractivity contribution in [1.29, 1.82) is 0 Å². The number of nitrogens with zero attached hydrogens (tertiary/aromatic N) is 1. The summed E-state index contributed by atoms with van der Waals surface area (Å²) in [6.07, 6.45) is 1.82. The predicted octanol–water partition coefficient (Wildman–Crippen LogP) is 1.69. The zero-order chi connectivity index (χ0) is 19.6. The number of aryl methyl sites for hydroxylation is 2. The van der Waals surface area contributed by atoms with Gasteiger partial charge in [0, 0.05) is 22.1 Å². The quantitative estimate of drug-likeness (QED) is 0.487. The Morgan fingerprint density at radius 1 is 1.37 bits per heavy atom. The number of nitrogens with two attached hydrogens (primary N) is 1. The van der Waals surface area contributed by atoms with Gasteiger partial charge in [0.15, 0.2) is 0 Å². The Kier molecular flexibility index (Phi) is 5.43. The molecule has 0 spiro atoms. The largest absolute Gasteiger partial charge is 0.461 e. The Morgan fingerprint density at radius 3 is 2.78 bits per heavy atom. The maximum Gasteiger partial charge on any atom is 0.256 e. The van der Waals surface area contributed by atoms with Gasteiger partial charge in [0.1, 0.15) is 17.4 Å². The summed E-state index contributed by atoms with van der Waals surface area (Å²) in [4.78, 5) is 29.2. The van der Waals surface area contributed by atoms with Gasteiger partial charge in [-0.15, -0.1) is 11.3 Å². The van der Waals surface area contributed by atoms with Crippen molar-refractivity contribution in [1.82, 2.24) is 10.3 Å². The number of aliphatic hydroxyl groups is 1. The molecule has 3 aromatic rings. The van der Waals surface area contributed by atoms with E-state index in [2.05, 4.69) is 15.6 Å². The van der Waals surface area contributed by atoms with E-state index in [0.29, 0.717) is 28.8 Å². The first-order valence-electron chi connectivity index (χ1n) is 8.28. The van der Waals surface area contributed by atoms with Crippen LogP contribution in [-0.2, 0) is 11.3 Å². The highest BCUT2D eigenvalue weighted by Gasteiger charge is 2.23. The third kappa shape index (κ3) is 4.09. The number of aromatic nitrogens is 1. The fraction of sp³-hybridized carbons (Fsp3) is 0.278. The Hall–Kier alpha value is -2.91. The number of furan rings is 1. The molecule has 1 aromatic carbocycles. The van der Waals surface area contributed by atoms with Crippen molar-refractivity contribution in [3.05, 3.63) is 45.6 Å². The third-order valence-corrected chi connectivity index (χ3v) is 4.97. The van der Waals surface area contributed by atoms with Crippen LogP contribution in [0.2, 0.25) is 0 Å². The van der Waals surface area contributed by atoms with Crippen LogP contribution in [0, 0.1) is 13.8 Å². The number of nitrogens with one attached hydrogen (secondary N) is 2. The van der Waals surface area contributed by atoms with E-state index in [4.69, 9.17) is 10.2 Å². The van der Waals surface area contributed by atoms with Gasteiger partial charge in [-0.2, -0.15) is 0 Å². The molecular formula is C18H20N4O4S. The molecule has 8 nitrogen and oxygen atoms in total. The highest BCUT2D eigenvalue weighted by atomic mass is 32.1. The van der Waals surface area contributed by atoms with Crippen molar-refractivity contribution in [2.75, 3.05) is 11.9 Å². The smallest absolute Gasteiger partial charge is 0.256 e. The van der Waals surface area contributed by atoms with E-state index < -0.39 is 24.5 Å². The van der Waals surface area contributed by atoms with E-state index in [1.54, 1.807) is 24.3 Å². The van der Waals surface area contributed by atoms with Crippen LogP contribution in [0.15, 0.2) is 28.8 Å². The Balaban J connectivity index is 1.85. The molecule has 0 aliphatic heterocycles.